The van der Waals surface area contributed by atoms with Crippen LogP contribution in [-0.4, -0.2) is 61.2 Å². The molecule has 2 rings (SSSR count). The van der Waals surface area contributed by atoms with Crippen LogP contribution in [0.1, 0.15) is 6.42 Å². The number of carboxylic acid groups (broad SMARTS) is 1. The Hall–Kier alpha value is -0.880. The molecule has 5 nitrogen and oxygen atoms in total. The zero-order chi connectivity index (χ0) is 11.5. The monoisotopic (exact) mass is 232 g/mol. The van der Waals surface area contributed by atoms with Gasteiger partial charge in [0.2, 0.25) is 0 Å². The highest BCUT2D eigenvalue weighted by molar-refractivity contribution is 5.65. The molecule has 2 aliphatic heterocycles. The van der Waals surface area contributed by atoms with E-state index in [-0.39, 0.29) is 6.54 Å². The first kappa shape index (κ1) is 11.6. The van der Waals surface area contributed by atoms with Gasteiger partial charge in [-0.2, -0.15) is 0 Å². The second kappa shape index (κ2) is 4.97. The van der Waals surface area contributed by atoms with E-state index in [1.165, 1.54) is 0 Å². The third-order valence-electron chi connectivity index (χ3n) is 3.16. The summed E-state index contributed by atoms with van der Waals surface area (Å²) in [7, 11) is 0. The molecule has 2 aliphatic rings. The molecule has 0 unspecified atom stereocenters. The molecule has 2 heterocycles. The molecular formula is C10H17FN2O3. The predicted molar refractivity (Wildman–Crippen MR) is 55.2 cm³/mol. The summed E-state index contributed by atoms with van der Waals surface area (Å²) in [5.41, 5.74) is 0. The van der Waals surface area contributed by atoms with Gasteiger partial charge >= 0.3 is 6.09 Å². The average Bonchev–Trinajstić information content (AvgIpc) is 2.17. The van der Waals surface area contributed by atoms with Crippen molar-refractivity contribution in [3.8, 4) is 0 Å². The Labute approximate surface area is 93.6 Å². The molecular weight excluding hydrogens is 215 g/mol. The molecule has 92 valence electrons. The zero-order valence-corrected chi connectivity index (χ0v) is 9.06. The number of alkyl halides is 1. The first-order valence-corrected chi connectivity index (χ1v) is 5.61. The molecule has 0 aromatic heterocycles. The standard InChI is InChI=1S/C10H17FN2O3/c11-8-5-13(10(14)15)2-1-9(8)16-6-7-3-12-4-7/h7-9,12H,1-6H2,(H,14,15)/t8-,9-/m0/s1. The molecule has 0 aromatic rings. The van der Waals surface area contributed by atoms with Crippen molar-refractivity contribution in [2.75, 3.05) is 32.8 Å². The SMILES string of the molecule is O=C(O)N1CC[C@H](OCC2CNC2)[C@@H](F)C1. The van der Waals surface area contributed by atoms with E-state index >= 15 is 0 Å². The third kappa shape index (κ3) is 2.62. The van der Waals surface area contributed by atoms with E-state index in [2.05, 4.69) is 5.32 Å². The molecule has 2 saturated heterocycles. The van der Waals surface area contributed by atoms with Crippen LogP contribution in [-0.2, 0) is 4.74 Å². The van der Waals surface area contributed by atoms with Crippen molar-refractivity contribution in [3.63, 3.8) is 0 Å². The van der Waals surface area contributed by atoms with Crippen LogP contribution in [0.3, 0.4) is 0 Å². The highest BCUT2D eigenvalue weighted by atomic mass is 19.1. The number of nitrogens with zero attached hydrogens (tertiary/aromatic N) is 1. The molecule has 6 heteroatoms. The smallest absolute Gasteiger partial charge is 0.407 e. The molecule has 0 bridgehead atoms. The molecule has 0 aliphatic carbocycles. The molecule has 2 fully saturated rings. The third-order valence-corrected chi connectivity index (χ3v) is 3.16. The van der Waals surface area contributed by atoms with Crippen molar-refractivity contribution in [2.45, 2.75) is 18.7 Å². The van der Waals surface area contributed by atoms with Crippen molar-refractivity contribution in [1.29, 1.82) is 0 Å². The van der Waals surface area contributed by atoms with Gasteiger partial charge in [0.1, 0.15) is 6.17 Å². The number of nitrogens with one attached hydrogen (secondary N) is 1. The fourth-order valence-electron chi connectivity index (χ4n) is 1.97. The van der Waals surface area contributed by atoms with Gasteiger partial charge in [-0.25, -0.2) is 9.18 Å². The van der Waals surface area contributed by atoms with E-state index in [1.54, 1.807) is 0 Å². The summed E-state index contributed by atoms with van der Waals surface area (Å²) >= 11 is 0. The minimum atomic E-state index is -1.20. The Morgan fingerprint density at radius 2 is 2.31 bits per heavy atom. The molecule has 2 atom stereocenters. The largest absolute Gasteiger partial charge is 0.465 e. The van der Waals surface area contributed by atoms with Gasteiger partial charge in [0, 0.05) is 25.6 Å². The molecule has 0 aromatic carbocycles. The Morgan fingerprint density at radius 3 is 2.81 bits per heavy atom. The number of rotatable bonds is 3. The highest BCUT2D eigenvalue weighted by Crippen LogP contribution is 2.18. The number of hydrogen-bond acceptors (Lipinski definition) is 3. The number of piperidine rings is 1. The van der Waals surface area contributed by atoms with Gasteiger partial charge in [0.15, 0.2) is 0 Å². The van der Waals surface area contributed by atoms with Crippen LogP contribution >= 0.6 is 0 Å². The van der Waals surface area contributed by atoms with E-state index in [9.17, 15) is 9.18 Å². The molecule has 0 saturated carbocycles. The van der Waals surface area contributed by atoms with Gasteiger partial charge < -0.3 is 20.1 Å². The van der Waals surface area contributed by atoms with Crippen LogP contribution in [0.2, 0.25) is 0 Å². The maximum atomic E-state index is 13.6. The van der Waals surface area contributed by atoms with Crippen molar-refractivity contribution < 1.29 is 19.0 Å². The van der Waals surface area contributed by atoms with Gasteiger partial charge in [-0.15, -0.1) is 0 Å². The van der Waals surface area contributed by atoms with Gasteiger partial charge in [-0.1, -0.05) is 0 Å². The Morgan fingerprint density at radius 1 is 1.56 bits per heavy atom. The summed E-state index contributed by atoms with van der Waals surface area (Å²) in [5.74, 6) is 0.490. The molecule has 0 radical (unpaired) electrons. The second-order valence-electron chi connectivity index (χ2n) is 4.43. The summed E-state index contributed by atoms with van der Waals surface area (Å²) in [6.45, 7) is 2.74. The van der Waals surface area contributed by atoms with Crippen LogP contribution < -0.4 is 5.32 Å². The molecule has 0 spiro atoms. The highest BCUT2D eigenvalue weighted by Gasteiger charge is 2.32. The van der Waals surface area contributed by atoms with Crippen molar-refractivity contribution in [1.82, 2.24) is 10.2 Å². The molecule has 2 N–H and O–H groups in total. The van der Waals surface area contributed by atoms with Crippen LogP contribution in [0.4, 0.5) is 9.18 Å². The van der Waals surface area contributed by atoms with Gasteiger partial charge in [0.05, 0.1) is 19.3 Å². The lowest BCUT2D eigenvalue weighted by Gasteiger charge is -2.35. The summed E-state index contributed by atoms with van der Waals surface area (Å²) in [6, 6.07) is 0. The van der Waals surface area contributed by atoms with Crippen LogP contribution in [0.15, 0.2) is 0 Å². The number of likely N-dealkylation sites (tertiary alicyclic amines) is 1. The molecule has 16 heavy (non-hydrogen) atoms. The van der Waals surface area contributed by atoms with E-state index in [1.807, 2.05) is 0 Å². The fourth-order valence-corrected chi connectivity index (χ4v) is 1.97. The number of amides is 1. The van der Waals surface area contributed by atoms with E-state index < -0.39 is 18.4 Å². The topological polar surface area (TPSA) is 61.8 Å². The number of halogens is 1. The lowest BCUT2D eigenvalue weighted by Crippen LogP contribution is -2.50. The van der Waals surface area contributed by atoms with Gasteiger partial charge in [-0.05, 0) is 6.42 Å². The number of hydrogen-bond donors (Lipinski definition) is 2. The van der Waals surface area contributed by atoms with E-state index in [0.717, 1.165) is 18.0 Å². The minimum absolute atomic E-state index is 0.0666. The first-order chi connectivity index (χ1) is 7.66. The molecule has 1 amide bonds. The second-order valence-corrected chi connectivity index (χ2v) is 4.43. The summed E-state index contributed by atoms with van der Waals surface area (Å²) in [6.07, 6.45) is -2.23. The number of ether oxygens (including phenoxy) is 1. The Bertz CT molecular complexity index is 260. The zero-order valence-electron chi connectivity index (χ0n) is 9.06. The Balaban J connectivity index is 1.72. The fraction of sp³-hybridized carbons (Fsp3) is 0.900. The van der Waals surface area contributed by atoms with Crippen molar-refractivity contribution in [2.24, 2.45) is 5.92 Å². The summed E-state index contributed by atoms with van der Waals surface area (Å²) in [4.78, 5) is 11.7. The lowest BCUT2D eigenvalue weighted by atomic mass is 10.0. The average molecular weight is 232 g/mol. The summed E-state index contributed by atoms with van der Waals surface area (Å²) < 4.78 is 19.1. The first-order valence-electron chi connectivity index (χ1n) is 5.61. The van der Waals surface area contributed by atoms with Crippen molar-refractivity contribution >= 4 is 6.09 Å². The van der Waals surface area contributed by atoms with Crippen molar-refractivity contribution in [3.05, 3.63) is 0 Å². The van der Waals surface area contributed by atoms with Gasteiger partial charge in [-0.3, -0.25) is 0 Å². The van der Waals surface area contributed by atoms with Crippen LogP contribution in [0.25, 0.3) is 0 Å². The van der Waals surface area contributed by atoms with Gasteiger partial charge in [0.25, 0.3) is 0 Å². The quantitative estimate of drug-likeness (QED) is 0.735. The maximum absolute atomic E-state index is 13.6. The minimum Gasteiger partial charge on any atom is -0.465 e. The normalized spacial score (nSPS) is 31.2. The lowest BCUT2D eigenvalue weighted by molar-refractivity contribution is -0.0578. The van der Waals surface area contributed by atoms with E-state index in [0.29, 0.717) is 25.5 Å². The summed E-state index contributed by atoms with van der Waals surface area (Å²) in [5, 5.41) is 11.8. The van der Waals surface area contributed by atoms with Crippen LogP contribution in [0.5, 0.6) is 0 Å². The van der Waals surface area contributed by atoms with E-state index in [4.69, 9.17) is 9.84 Å². The predicted octanol–water partition coefficient (Wildman–Crippen LogP) is 0.313. The van der Waals surface area contributed by atoms with Crippen LogP contribution in [0, 0.1) is 5.92 Å². The number of carbonyl (C=O) groups is 1. The Kier molecular flexibility index (Phi) is 3.60. The maximum Gasteiger partial charge on any atom is 0.407 e.